The van der Waals surface area contributed by atoms with Crippen LogP contribution in [0.2, 0.25) is 0 Å². The number of benzene rings is 3. The molecule has 2 amide bonds. The van der Waals surface area contributed by atoms with Crippen LogP contribution in [-0.2, 0) is 0 Å². The Labute approximate surface area is 157 Å². The highest BCUT2D eigenvalue weighted by Crippen LogP contribution is 2.42. The molecule has 1 heterocycles. The zero-order chi connectivity index (χ0) is 20.2. The molecule has 0 radical (unpaired) electrons. The van der Waals surface area contributed by atoms with Gasteiger partial charge in [0.2, 0.25) is 0 Å². The maximum absolute atomic E-state index is 12.6. The molecule has 0 saturated heterocycles. The normalized spacial score (nSPS) is 13.1. The lowest BCUT2D eigenvalue weighted by Gasteiger charge is -2.24. The summed E-state index contributed by atoms with van der Waals surface area (Å²) in [5.41, 5.74) is 0.769. The van der Waals surface area contributed by atoms with Gasteiger partial charge < -0.3 is 5.11 Å². The summed E-state index contributed by atoms with van der Waals surface area (Å²) in [7, 11) is 1.33. The van der Waals surface area contributed by atoms with Crippen LogP contribution in [0.3, 0.4) is 0 Å². The Morgan fingerprint density at radius 2 is 1.68 bits per heavy atom. The minimum absolute atomic E-state index is 0.0427. The van der Waals surface area contributed by atoms with Crippen LogP contribution in [0.15, 0.2) is 48.5 Å². The topological polar surface area (TPSA) is 118 Å². The van der Waals surface area contributed by atoms with E-state index in [4.69, 9.17) is 5.11 Å². The van der Waals surface area contributed by atoms with Crippen molar-refractivity contribution in [3.63, 3.8) is 0 Å². The van der Waals surface area contributed by atoms with Gasteiger partial charge in [-0.15, -0.1) is 0 Å². The van der Waals surface area contributed by atoms with Crippen molar-refractivity contribution >= 4 is 34.2 Å². The summed E-state index contributed by atoms with van der Waals surface area (Å²) in [4.78, 5) is 48.3. The highest BCUT2D eigenvalue weighted by Gasteiger charge is 2.34. The van der Waals surface area contributed by atoms with E-state index < -0.39 is 22.7 Å². The van der Waals surface area contributed by atoms with Crippen LogP contribution in [0.25, 0.3) is 21.9 Å². The van der Waals surface area contributed by atoms with Crippen molar-refractivity contribution in [2.45, 2.75) is 0 Å². The number of imide groups is 1. The number of nitro benzene ring substituents is 1. The molecular formula is C20H12N2O6. The molecule has 1 aliphatic rings. The fourth-order valence-electron chi connectivity index (χ4n) is 3.50. The summed E-state index contributed by atoms with van der Waals surface area (Å²) in [6.07, 6.45) is 0. The molecule has 1 aliphatic heterocycles. The molecule has 0 bridgehead atoms. The summed E-state index contributed by atoms with van der Waals surface area (Å²) in [5.74, 6) is -2.20. The molecule has 0 fully saturated rings. The van der Waals surface area contributed by atoms with Gasteiger partial charge in [0.1, 0.15) is 0 Å². The maximum Gasteiger partial charge on any atom is 0.335 e. The molecule has 4 rings (SSSR count). The van der Waals surface area contributed by atoms with E-state index in [2.05, 4.69) is 0 Å². The van der Waals surface area contributed by atoms with E-state index in [-0.39, 0.29) is 27.9 Å². The minimum atomic E-state index is -1.11. The molecule has 8 heteroatoms. The van der Waals surface area contributed by atoms with Crippen LogP contribution in [0.1, 0.15) is 31.1 Å². The van der Waals surface area contributed by atoms with Gasteiger partial charge in [0.15, 0.2) is 0 Å². The summed E-state index contributed by atoms with van der Waals surface area (Å²) in [6, 6.07) is 11.6. The van der Waals surface area contributed by atoms with E-state index in [1.165, 1.54) is 37.4 Å². The van der Waals surface area contributed by atoms with Gasteiger partial charge in [-0.1, -0.05) is 24.3 Å². The Kier molecular flexibility index (Phi) is 3.71. The van der Waals surface area contributed by atoms with Crippen LogP contribution in [-0.4, -0.2) is 39.8 Å². The van der Waals surface area contributed by atoms with E-state index in [0.717, 1.165) is 4.90 Å². The second-order valence-corrected chi connectivity index (χ2v) is 6.36. The van der Waals surface area contributed by atoms with Crippen molar-refractivity contribution in [2.24, 2.45) is 0 Å². The van der Waals surface area contributed by atoms with Crippen molar-refractivity contribution in [1.29, 1.82) is 0 Å². The molecule has 138 valence electrons. The summed E-state index contributed by atoms with van der Waals surface area (Å²) in [6.45, 7) is 0. The number of amides is 2. The van der Waals surface area contributed by atoms with E-state index in [1.54, 1.807) is 18.2 Å². The van der Waals surface area contributed by atoms with Crippen molar-refractivity contribution in [3.05, 3.63) is 75.3 Å². The second kappa shape index (κ2) is 5.98. The van der Waals surface area contributed by atoms with Crippen molar-refractivity contribution in [1.82, 2.24) is 4.90 Å². The summed E-state index contributed by atoms with van der Waals surface area (Å²) >= 11 is 0. The number of carboxylic acids is 1. The van der Waals surface area contributed by atoms with Gasteiger partial charge in [-0.3, -0.25) is 24.6 Å². The molecule has 1 N–H and O–H groups in total. The van der Waals surface area contributed by atoms with Crippen molar-refractivity contribution in [2.75, 3.05) is 7.05 Å². The van der Waals surface area contributed by atoms with E-state index in [1.807, 2.05) is 0 Å². The number of hydrogen-bond donors (Lipinski definition) is 1. The predicted molar refractivity (Wildman–Crippen MR) is 99.4 cm³/mol. The fourth-order valence-corrected chi connectivity index (χ4v) is 3.50. The van der Waals surface area contributed by atoms with Crippen molar-refractivity contribution in [3.8, 4) is 11.1 Å². The first-order valence-electron chi connectivity index (χ1n) is 8.21. The summed E-state index contributed by atoms with van der Waals surface area (Å²) < 4.78 is 0. The quantitative estimate of drug-likeness (QED) is 0.425. The molecule has 3 aromatic rings. The highest BCUT2D eigenvalue weighted by molar-refractivity contribution is 6.27. The lowest BCUT2D eigenvalue weighted by atomic mass is 9.88. The van der Waals surface area contributed by atoms with Crippen LogP contribution >= 0.6 is 0 Å². The minimum Gasteiger partial charge on any atom is -0.478 e. The molecule has 0 saturated carbocycles. The highest BCUT2D eigenvalue weighted by atomic mass is 16.6. The van der Waals surface area contributed by atoms with Crippen LogP contribution in [0.5, 0.6) is 0 Å². The maximum atomic E-state index is 12.6. The first-order valence-corrected chi connectivity index (χ1v) is 8.21. The fraction of sp³-hybridized carbons (Fsp3) is 0.0500. The van der Waals surface area contributed by atoms with Gasteiger partial charge >= 0.3 is 5.97 Å². The van der Waals surface area contributed by atoms with E-state index in [0.29, 0.717) is 16.3 Å². The molecule has 8 nitrogen and oxygen atoms in total. The molecule has 0 atom stereocenters. The van der Waals surface area contributed by atoms with Gasteiger partial charge in [-0.05, 0) is 29.1 Å². The first-order chi connectivity index (χ1) is 13.3. The van der Waals surface area contributed by atoms with Gasteiger partial charge in [0.25, 0.3) is 17.5 Å². The third kappa shape index (κ3) is 2.35. The number of aromatic carboxylic acids is 1. The zero-order valence-corrected chi connectivity index (χ0v) is 14.5. The average molecular weight is 376 g/mol. The van der Waals surface area contributed by atoms with Gasteiger partial charge in [-0.2, -0.15) is 0 Å². The summed E-state index contributed by atoms with van der Waals surface area (Å²) in [5, 5.41) is 21.6. The number of rotatable bonds is 3. The number of nitro groups is 1. The van der Waals surface area contributed by atoms with E-state index in [9.17, 15) is 24.5 Å². The number of carboxylic acid groups (broad SMARTS) is 1. The molecule has 0 aromatic heterocycles. The predicted octanol–water partition coefficient (Wildman–Crippen LogP) is 3.34. The Bertz CT molecular complexity index is 1210. The van der Waals surface area contributed by atoms with Gasteiger partial charge in [0.05, 0.1) is 21.6 Å². The zero-order valence-electron chi connectivity index (χ0n) is 14.5. The number of nitrogens with zero attached hydrogens (tertiary/aromatic N) is 2. The van der Waals surface area contributed by atoms with Gasteiger partial charge in [0, 0.05) is 24.1 Å². The number of carbonyl (C=O) groups is 3. The van der Waals surface area contributed by atoms with Crippen LogP contribution in [0.4, 0.5) is 5.69 Å². The SMILES string of the molecule is CN1C(=O)c2cccc3c(-c4ccc(C(=O)O)cc4)c([N+](=O)[O-])cc(c23)C1=O. The van der Waals surface area contributed by atoms with E-state index >= 15 is 0 Å². The molecule has 28 heavy (non-hydrogen) atoms. The number of carbonyl (C=O) groups excluding carboxylic acids is 2. The van der Waals surface area contributed by atoms with Gasteiger partial charge in [-0.25, -0.2) is 4.79 Å². The van der Waals surface area contributed by atoms with Crippen molar-refractivity contribution < 1.29 is 24.4 Å². The Hall–Kier alpha value is -4.07. The molecule has 0 unspecified atom stereocenters. The smallest absolute Gasteiger partial charge is 0.335 e. The molecule has 3 aromatic carbocycles. The van der Waals surface area contributed by atoms with Crippen LogP contribution in [0, 0.1) is 10.1 Å². The average Bonchev–Trinajstić information content (AvgIpc) is 2.69. The largest absolute Gasteiger partial charge is 0.478 e. The van der Waals surface area contributed by atoms with Crippen LogP contribution < -0.4 is 0 Å². The lowest BCUT2D eigenvalue weighted by Crippen LogP contribution is -2.37. The Morgan fingerprint density at radius 1 is 1.04 bits per heavy atom. The molecule has 0 spiro atoms. The Morgan fingerprint density at radius 3 is 2.29 bits per heavy atom. The monoisotopic (exact) mass is 376 g/mol. The third-order valence-corrected chi connectivity index (χ3v) is 4.83. The standard InChI is InChI=1S/C20H12N2O6/c1-21-18(23)13-4-2-3-12-16(10-5-7-11(8-6-10)20(25)26)15(22(27)28)9-14(17(12)13)19(21)24/h2-9H,1H3,(H,25,26). The Balaban J connectivity index is 2.12. The lowest BCUT2D eigenvalue weighted by molar-refractivity contribution is -0.384. The third-order valence-electron chi connectivity index (χ3n) is 4.83. The molecular weight excluding hydrogens is 364 g/mol. The number of hydrogen-bond acceptors (Lipinski definition) is 5. The first kappa shape index (κ1) is 17.3. The second-order valence-electron chi connectivity index (χ2n) is 6.36. The molecule has 0 aliphatic carbocycles.